The molecule has 0 amide bonds. The van der Waals surface area contributed by atoms with E-state index in [0.717, 1.165) is 5.56 Å². The summed E-state index contributed by atoms with van der Waals surface area (Å²) in [6.45, 7) is 3.70. The van der Waals surface area contributed by atoms with E-state index in [9.17, 15) is 9.59 Å². The Labute approximate surface area is 141 Å². The third kappa shape index (κ3) is 5.12. The first-order valence-electron chi connectivity index (χ1n) is 7.70. The van der Waals surface area contributed by atoms with Gasteiger partial charge in [-0.2, -0.15) is 0 Å². The van der Waals surface area contributed by atoms with Gasteiger partial charge in [0.25, 0.3) is 0 Å². The Bertz CT molecular complexity index is 691. The Morgan fingerprint density at radius 1 is 0.875 bits per heavy atom. The van der Waals surface area contributed by atoms with Crippen molar-refractivity contribution >= 4 is 11.8 Å². The van der Waals surface area contributed by atoms with Crippen molar-refractivity contribution in [3.05, 3.63) is 59.7 Å². The van der Waals surface area contributed by atoms with Crippen LogP contribution in [0.15, 0.2) is 48.5 Å². The molecule has 0 spiro atoms. The van der Waals surface area contributed by atoms with E-state index in [2.05, 4.69) is 0 Å². The minimum atomic E-state index is -0.609. The summed E-state index contributed by atoms with van der Waals surface area (Å²) in [7, 11) is 0. The molecule has 0 aliphatic heterocycles. The average molecular weight is 328 g/mol. The smallest absolute Gasteiger partial charge is 0.344 e. The molecule has 2 rings (SSSR count). The number of para-hydroxylation sites is 2. The summed E-state index contributed by atoms with van der Waals surface area (Å²) in [4.78, 5) is 23.7. The van der Waals surface area contributed by atoms with Crippen LogP contribution >= 0.6 is 0 Å². The van der Waals surface area contributed by atoms with Gasteiger partial charge in [0.1, 0.15) is 0 Å². The summed E-state index contributed by atoms with van der Waals surface area (Å²) in [5.41, 5.74) is 1.57. The lowest BCUT2D eigenvalue weighted by Gasteiger charge is -2.11. The van der Waals surface area contributed by atoms with Crippen molar-refractivity contribution in [2.24, 2.45) is 0 Å². The van der Waals surface area contributed by atoms with Crippen molar-refractivity contribution in [3.63, 3.8) is 0 Å². The van der Waals surface area contributed by atoms with Crippen LogP contribution in [-0.4, -0.2) is 31.6 Å². The molecule has 0 heterocycles. The molecule has 0 saturated carbocycles. The molecular formula is C19H20O5. The minimum absolute atomic E-state index is 0.252. The van der Waals surface area contributed by atoms with E-state index in [4.69, 9.17) is 14.2 Å². The molecule has 0 atom stereocenters. The first kappa shape index (κ1) is 17.5. The van der Waals surface area contributed by atoms with Crippen LogP contribution in [0.2, 0.25) is 0 Å². The van der Waals surface area contributed by atoms with E-state index in [-0.39, 0.29) is 19.0 Å². The zero-order chi connectivity index (χ0) is 17.4. The molecule has 0 saturated heterocycles. The Kier molecular flexibility index (Phi) is 6.37. The molecule has 2 aromatic carbocycles. The first-order chi connectivity index (χ1) is 11.6. The summed E-state index contributed by atoms with van der Waals surface area (Å²) >= 11 is 0. The monoisotopic (exact) mass is 328 g/mol. The van der Waals surface area contributed by atoms with Crippen molar-refractivity contribution < 1.29 is 23.8 Å². The van der Waals surface area contributed by atoms with Gasteiger partial charge in [0.2, 0.25) is 0 Å². The fourth-order valence-corrected chi connectivity index (χ4v) is 1.99. The number of carbonyl (C=O) groups excluding carboxylic acids is 2. The predicted octanol–water partition coefficient (Wildman–Crippen LogP) is 3.20. The molecule has 0 radical (unpaired) electrons. The molecule has 5 heteroatoms. The van der Waals surface area contributed by atoms with Gasteiger partial charge in [0.05, 0.1) is 6.61 Å². The highest BCUT2D eigenvalue weighted by atomic mass is 16.6. The number of hydrogen-bond acceptors (Lipinski definition) is 5. The molecule has 0 bridgehead atoms. The summed E-state index contributed by atoms with van der Waals surface area (Å²) in [5, 5.41) is 0. The zero-order valence-electron chi connectivity index (χ0n) is 13.8. The molecule has 2 aromatic rings. The SMILES string of the molecule is CCOc1ccccc1OCC(=O)OCC(=O)c1ccc(C)cc1. The number of rotatable bonds is 8. The molecule has 24 heavy (non-hydrogen) atoms. The maximum Gasteiger partial charge on any atom is 0.344 e. The van der Waals surface area contributed by atoms with Crippen LogP contribution in [0, 0.1) is 6.92 Å². The largest absolute Gasteiger partial charge is 0.490 e. The van der Waals surface area contributed by atoms with Crippen LogP contribution in [0.1, 0.15) is 22.8 Å². The van der Waals surface area contributed by atoms with Gasteiger partial charge in [-0.15, -0.1) is 0 Å². The lowest BCUT2D eigenvalue weighted by Crippen LogP contribution is -2.19. The summed E-state index contributed by atoms with van der Waals surface area (Å²) < 4.78 is 15.8. The Morgan fingerprint density at radius 2 is 1.50 bits per heavy atom. The van der Waals surface area contributed by atoms with Crippen molar-refractivity contribution in [2.75, 3.05) is 19.8 Å². The van der Waals surface area contributed by atoms with E-state index in [1.54, 1.807) is 30.3 Å². The molecule has 0 N–H and O–H groups in total. The van der Waals surface area contributed by atoms with Gasteiger partial charge in [-0.3, -0.25) is 4.79 Å². The topological polar surface area (TPSA) is 61.8 Å². The fourth-order valence-electron chi connectivity index (χ4n) is 1.99. The molecule has 0 aliphatic carbocycles. The molecule has 0 aromatic heterocycles. The van der Waals surface area contributed by atoms with Crippen LogP contribution in [0.25, 0.3) is 0 Å². The van der Waals surface area contributed by atoms with Gasteiger partial charge >= 0.3 is 5.97 Å². The predicted molar refractivity (Wildman–Crippen MR) is 89.6 cm³/mol. The quantitative estimate of drug-likeness (QED) is 0.550. The number of carbonyl (C=O) groups is 2. The summed E-state index contributed by atoms with van der Waals surface area (Å²) in [5.74, 6) is 0.157. The number of Topliss-reactive ketones (excluding diaryl/α,β-unsaturated/α-hetero) is 1. The highest BCUT2D eigenvalue weighted by Crippen LogP contribution is 2.26. The van der Waals surface area contributed by atoms with Gasteiger partial charge in [0, 0.05) is 5.56 Å². The molecule has 0 fully saturated rings. The second-order valence-electron chi connectivity index (χ2n) is 5.12. The second kappa shape index (κ2) is 8.72. The third-order valence-corrected chi connectivity index (χ3v) is 3.23. The van der Waals surface area contributed by atoms with Crippen LogP contribution in [0.3, 0.4) is 0 Å². The standard InChI is InChI=1S/C19H20O5/c1-3-22-17-6-4-5-7-18(17)23-13-19(21)24-12-16(20)15-10-8-14(2)9-11-15/h4-11H,3,12-13H2,1-2H3. The van der Waals surface area contributed by atoms with E-state index in [1.807, 2.05) is 32.0 Å². The Hall–Kier alpha value is -2.82. The van der Waals surface area contributed by atoms with Gasteiger partial charge in [-0.25, -0.2) is 4.79 Å². The lowest BCUT2D eigenvalue weighted by atomic mass is 10.1. The van der Waals surface area contributed by atoms with E-state index < -0.39 is 5.97 Å². The van der Waals surface area contributed by atoms with Gasteiger partial charge < -0.3 is 14.2 Å². The van der Waals surface area contributed by atoms with E-state index >= 15 is 0 Å². The number of ether oxygens (including phenoxy) is 3. The number of esters is 1. The van der Waals surface area contributed by atoms with Gasteiger partial charge in [-0.1, -0.05) is 42.0 Å². The third-order valence-electron chi connectivity index (χ3n) is 3.23. The number of hydrogen-bond donors (Lipinski definition) is 0. The maximum atomic E-state index is 11.9. The van der Waals surface area contributed by atoms with Crippen LogP contribution < -0.4 is 9.47 Å². The normalized spacial score (nSPS) is 10.1. The fraction of sp³-hybridized carbons (Fsp3) is 0.263. The van der Waals surface area contributed by atoms with Crippen LogP contribution in [0.5, 0.6) is 11.5 Å². The molecule has 5 nitrogen and oxygen atoms in total. The highest BCUT2D eigenvalue weighted by Gasteiger charge is 2.12. The van der Waals surface area contributed by atoms with Crippen LogP contribution in [-0.2, 0) is 9.53 Å². The Morgan fingerprint density at radius 3 is 2.12 bits per heavy atom. The van der Waals surface area contributed by atoms with Crippen molar-refractivity contribution in [2.45, 2.75) is 13.8 Å². The van der Waals surface area contributed by atoms with E-state index in [0.29, 0.717) is 23.7 Å². The summed E-state index contributed by atoms with van der Waals surface area (Å²) in [6.07, 6.45) is 0. The van der Waals surface area contributed by atoms with E-state index in [1.165, 1.54) is 0 Å². The molecule has 126 valence electrons. The minimum Gasteiger partial charge on any atom is -0.490 e. The Balaban J connectivity index is 1.81. The van der Waals surface area contributed by atoms with Gasteiger partial charge in [0.15, 0.2) is 30.5 Å². The van der Waals surface area contributed by atoms with Crippen molar-refractivity contribution in [1.82, 2.24) is 0 Å². The molecule has 0 unspecified atom stereocenters. The van der Waals surface area contributed by atoms with Crippen molar-refractivity contribution in [3.8, 4) is 11.5 Å². The second-order valence-corrected chi connectivity index (χ2v) is 5.12. The zero-order valence-corrected chi connectivity index (χ0v) is 13.8. The lowest BCUT2D eigenvalue weighted by molar-refractivity contribution is -0.144. The number of aryl methyl sites for hydroxylation is 1. The summed E-state index contributed by atoms with van der Waals surface area (Å²) in [6, 6.07) is 14.1. The highest BCUT2D eigenvalue weighted by molar-refractivity contribution is 5.98. The van der Waals surface area contributed by atoms with Crippen molar-refractivity contribution in [1.29, 1.82) is 0 Å². The van der Waals surface area contributed by atoms with Gasteiger partial charge in [-0.05, 0) is 26.0 Å². The number of ketones is 1. The maximum absolute atomic E-state index is 11.9. The molecular weight excluding hydrogens is 308 g/mol. The first-order valence-corrected chi connectivity index (χ1v) is 7.70. The van der Waals surface area contributed by atoms with Crippen LogP contribution in [0.4, 0.5) is 0 Å². The molecule has 0 aliphatic rings. The average Bonchev–Trinajstić information content (AvgIpc) is 2.60. The number of benzene rings is 2.